The highest BCUT2D eigenvalue weighted by Gasteiger charge is 2.22. The Hall–Kier alpha value is -1.87. The van der Waals surface area contributed by atoms with E-state index in [-0.39, 0.29) is 5.78 Å². The third kappa shape index (κ3) is 3.42. The van der Waals surface area contributed by atoms with Gasteiger partial charge in [0.05, 0.1) is 0 Å². The van der Waals surface area contributed by atoms with Crippen molar-refractivity contribution in [2.75, 3.05) is 0 Å². The van der Waals surface area contributed by atoms with Crippen LogP contribution in [0.2, 0.25) is 0 Å². The van der Waals surface area contributed by atoms with Crippen LogP contribution in [-0.2, 0) is 4.79 Å². The van der Waals surface area contributed by atoms with E-state index in [1.165, 1.54) is 0 Å². The molecule has 1 aliphatic carbocycles. The molecule has 1 unspecified atom stereocenters. The minimum atomic E-state index is 0.0446. The third-order valence-corrected chi connectivity index (χ3v) is 4.94. The number of carbonyl (C=O) groups excluding carboxylic acids is 2. The fourth-order valence-corrected chi connectivity index (χ4v) is 3.70. The van der Waals surface area contributed by atoms with Gasteiger partial charge in [-0.05, 0) is 30.7 Å². The fraction of sp³-hybridized carbons (Fsp3) is 0.222. The van der Waals surface area contributed by atoms with E-state index in [9.17, 15) is 9.59 Å². The maximum atomic E-state index is 12.3. The van der Waals surface area contributed by atoms with Gasteiger partial charge in [0.25, 0.3) is 0 Å². The normalized spacial score (nSPS) is 17.9. The molecule has 2 nitrogen and oxygen atoms in total. The van der Waals surface area contributed by atoms with Gasteiger partial charge in [-0.25, -0.2) is 0 Å². The number of rotatable bonds is 4. The molecule has 21 heavy (non-hydrogen) atoms. The lowest BCUT2D eigenvalue weighted by Gasteiger charge is -2.08. The second-order valence-electron chi connectivity index (χ2n) is 5.24. The van der Waals surface area contributed by atoms with Gasteiger partial charge in [-0.15, -0.1) is 11.8 Å². The molecule has 2 aromatic rings. The average molecular weight is 296 g/mol. The van der Waals surface area contributed by atoms with Gasteiger partial charge < -0.3 is 0 Å². The summed E-state index contributed by atoms with van der Waals surface area (Å²) in [5, 5.41) is 0.396. The summed E-state index contributed by atoms with van der Waals surface area (Å²) >= 11 is 1.74. The van der Waals surface area contributed by atoms with E-state index in [4.69, 9.17) is 0 Å². The first-order valence-electron chi connectivity index (χ1n) is 7.10. The van der Waals surface area contributed by atoms with Crippen molar-refractivity contribution in [1.82, 2.24) is 0 Å². The summed E-state index contributed by atoms with van der Waals surface area (Å²) in [6.45, 7) is 0. The van der Waals surface area contributed by atoms with Gasteiger partial charge in [0.15, 0.2) is 5.78 Å². The molecule has 0 saturated heterocycles. The molecule has 1 saturated carbocycles. The maximum Gasteiger partial charge on any atom is 0.193 e. The molecule has 1 fully saturated rings. The highest BCUT2D eigenvalue weighted by Crippen LogP contribution is 2.33. The highest BCUT2D eigenvalue weighted by atomic mass is 32.2. The Kier molecular flexibility index (Phi) is 4.20. The summed E-state index contributed by atoms with van der Waals surface area (Å²) in [5.41, 5.74) is 1.41. The monoisotopic (exact) mass is 296 g/mol. The number of benzene rings is 2. The number of ketones is 2. The van der Waals surface area contributed by atoms with Crippen molar-refractivity contribution in [1.29, 1.82) is 0 Å². The SMILES string of the molecule is O=C1CCC(Sc2ccc(C(=O)c3ccccc3)cc2)C1. The lowest BCUT2D eigenvalue weighted by atomic mass is 10.0. The Balaban J connectivity index is 1.69. The third-order valence-electron chi connectivity index (χ3n) is 3.66. The van der Waals surface area contributed by atoms with Gasteiger partial charge in [-0.2, -0.15) is 0 Å². The van der Waals surface area contributed by atoms with Crippen LogP contribution in [0.4, 0.5) is 0 Å². The zero-order valence-electron chi connectivity index (χ0n) is 11.6. The molecule has 0 N–H and O–H groups in total. The minimum Gasteiger partial charge on any atom is -0.300 e. The van der Waals surface area contributed by atoms with Crippen LogP contribution in [0.1, 0.15) is 35.2 Å². The van der Waals surface area contributed by atoms with Crippen LogP contribution in [0.3, 0.4) is 0 Å². The van der Waals surface area contributed by atoms with E-state index in [1.807, 2.05) is 54.6 Å². The summed E-state index contributed by atoms with van der Waals surface area (Å²) in [5.74, 6) is 0.409. The van der Waals surface area contributed by atoms with Crippen molar-refractivity contribution in [3.8, 4) is 0 Å². The van der Waals surface area contributed by atoms with Gasteiger partial charge in [0, 0.05) is 34.1 Å². The largest absolute Gasteiger partial charge is 0.300 e. The van der Waals surface area contributed by atoms with E-state index < -0.39 is 0 Å². The molecule has 1 aliphatic rings. The molecule has 3 heteroatoms. The van der Waals surface area contributed by atoms with Crippen molar-refractivity contribution in [2.24, 2.45) is 0 Å². The molecule has 0 amide bonds. The van der Waals surface area contributed by atoms with E-state index in [1.54, 1.807) is 11.8 Å². The second-order valence-corrected chi connectivity index (χ2v) is 6.61. The molecule has 106 valence electrons. The molecular weight excluding hydrogens is 280 g/mol. The lowest BCUT2D eigenvalue weighted by molar-refractivity contribution is -0.117. The Bertz CT molecular complexity index is 647. The number of hydrogen-bond acceptors (Lipinski definition) is 3. The van der Waals surface area contributed by atoms with Gasteiger partial charge in [-0.1, -0.05) is 30.3 Å². The van der Waals surface area contributed by atoms with Crippen LogP contribution in [0.5, 0.6) is 0 Å². The van der Waals surface area contributed by atoms with Gasteiger partial charge in [0.2, 0.25) is 0 Å². The van der Waals surface area contributed by atoms with Crippen molar-refractivity contribution in [3.05, 3.63) is 65.7 Å². The zero-order chi connectivity index (χ0) is 14.7. The first-order valence-corrected chi connectivity index (χ1v) is 7.98. The average Bonchev–Trinajstić information content (AvgIpc) is 2.93. The molecule has 0 heterocycles. The molecule has 0 radical (unpaired) electrons. The summed E-state index contributed by atoms with van der Waals surface area (Å²) in [4.78, 5) is 24.7. The van der Waals surface area contributed by atoms with Crippen LogP contribution < -0.4 is 0 Å². The van der Waals surface area contributed by atoms with E-state index >= 15 is 0 Å². The van der Waals surface area contributed by atoms with Crippen LogP contribution >= 0.6 is 11.8 Å². The minimum absolute atomic E-state index is 0.0446. The van der Waals surface area contributed by atoms with E-state index in [0.717, 1.165) is 11.3 Å². The zero-order valence-corrected chi connectivity index (χ0v) is 12.4. The van der Waals surface area contributed by atoms with Crippen LogP contribution in [0.15, 0.2) is 59.5 Å². The van der Waals surface area contributed by atoms with Crippen LogP contribution in [0, 0.1) is 0 Å². The smallest absolute Gasteiger partial charge is 0.193 e. The standard InChI is InChI=1S/C18H16O2S/c19-15-8-11-17(12-15)21-16-9-6-14(7-10-16)18(20)13-4-2-1-3-5-13/h1-7,9-10,17H,8,11-12H2. The van der Waals surface area contributed by atoms with Crippen LogP contribution in [0.25, 0.3) is 0 Å². The predicted molar refractivity (Wildman–Crippen MR) is 84.8 cm³/mol. The second kappa shape index (κ2) is 6.27. The summed E-state index contributed by atoms with van der Waals surface area (Å²) in [7, 11) is 0. The topological polar surface area (TPSA) is 34.1 Å². The first-order chi connectivity index (χ1) is 10.2. The summed E-state index contributed by atoms with van der Waals surface area (Å²) in [6, 6.07) is 17.0. The molecule has 0 aliphatic heterocycles. The summed E-state index contributed by atoms with van der Waals surface area (Å²) < 4.78 is 0. The molecule has 2 aromatic carbocycles. The maximum absolute atomic E-state index is 12.3. The number of Topliss-reactive ketones (excluding diaryl/α,β-unsaturated/α-hetero) is 1. The molecular formula is C18H16O2S. The molecule has 3 rings (SSSR count). The van der Waals surface area contributed by atoms with Crippen molar-refractivity contribution >= 4 is 23.3 Å². The van der Waals surface area contributed by atoms with Gasteiger partial charge >= 0.3 is 0 Å². The molecule has 0 spiro atoms. The van der Waals surface area contributed by atoms with Crippen molar-refractivity contribution < 1.29 is 9.59 Å². The molecule has 1 atom stereocenters. The highest BCUT2D eigenvalue weighted by molar-refractivity contribution is 8.00. The number of hydrogen-bond donors (Lipinski definition) is 0. The Morgan fingerprint density at radius 1 is 0.952 bits per heavy atom. The van der Waals surface area contributed by atoms with Gasteiger partial charge in [-0.3, -0.25) is 9.59 Å². The molecule has 0 bridgehead atoms. The van der Waals surface area contributed by atoms with E-state index in [2.05, 4.69) is 0 Å². The van der Waals surface area contributed by atoms with Crippen molar-refractivity contribution in [3.63, 3.8) is 0 Å². The number of thioether (sulfide) groups is 1. The fourth-order valence-electron chi connectivity index (χ4n) is 2.51. The van der Waals surface area contributed by atoms with Crippen molar-refractivity contribution in [2.45, 2.75) is 29.4 Å². The Labute approximate surface area is 128 Å². The number of carbonyl (C=O) groups is 2. The first kappa shape index (κ1) is 14.1. The quantitative estimate of drug-likeness (QED) is 0.795. The van der Waals surface area contributed by atoms with E-state index in [0.29, 0.717) is 35.0 Å². The molecule has 0 aromatic heterocycles. The Morgan fingerprint density at radius 3 is 2.24 bits per heavy atom. The lowest BCUT2D eigenvalue weighted by Crippen LogP contribution is -2.01. The predicted octanol–water partition coefficient (Wildman–Crippen LogP) is 4.13. The van der Waals surface area contributed by atoms with Crippen LogP contribution in [-0.4, -0.2) is 16.8 Å². The summed E-state index contributed by atoms with van der Waals surface area (Å²) in [6.07, 6.45) is 2.35. The van der Waals surface area contributed by atoms with Gasteiger partial charge in [0.1, 0.15) is 5.78 Å². The Morgan fingerprint density at radius 2 is 1.62 bits per heavy atom.